The molecule has 0 N–H and O–H groups in total. The summed E-state index contributed by atoms with van der Waals surface area (Å²) in [5.74, 6) is -0.548. The maximum absolute atomic E-state index is 14.0. The minimum Gasteiger partial charge on any atom is -0.495 e. The van der Waals surface area contributed by atoms with Crippen molar-refractivity contribution in [1.82, 2.24) is 4.90 Å². The largest absolute Gasteiger partial charge is 0.495 e. The predicted octanol–water partition coefficient (Wildman–Crippen LogP) is 2.45. The van der Waals surface area contributed by atoms with Crippen LogP contribution in [0, 0.1) is 5.82 Å². The molecule has 0 radical (unpaired) electrons. The number of morpholine rings is 1. The SMILES string of the molecule is COc1ccc(C(=O)N2CCOC(c3ccccc3F)C2)cc1S(C)(=O)=O. The lowest BCUT2D eigenvalue weighted by Gasteiger charge is -2.33. The number of nitrogens with zero attached hydrogens (tertiary/aromatic N) is 1. The van der Waals surface area contributed by atoms with Gasteiger partial charge in [0.05, 0.1) is 20.3 Å². The van der Waals surface area contributed by atoms with Gasteiger partial charge in [-0.05, 0) is 24.3 Å². The van der Waals surface area contributed by atoms with Crippen LogP contribution in [0.25, 0.3) is 0 Å². The van der Waals surface area contributed by atoms with Gasteiger partial charge in [0.15, 0.2) is 9.84 Å². The molecule has 1 amide bonds. The van der Waals surface area contributed by atoms with E-state index in [1.807, 2.05) is 0 Å². The van der Waals surface area contributed by atoms with Gasteiger partial charge < -0.3 is 14.4 Å². The molecule has 1 saturated heterocycles. The molecule has 1 heterocycles. The van der Waals surface area contributed by atoms with Crippen LogP contribution in [0.4, 0.5) is 4.39 Å². The first-order valence-electron chi connectivity index (χ1n) is 8.34. The molecule has 3 rings (SSSR count). The third kappa shape index (κ3) is 4.12. The second-order valence-corrected chi connectivity index (χ2v) is 8.25. The Kier molecular flexibility index (Phi) is 5.48. The van der Waals surface area contributed by atoms with Gasteiger partial charge in [0, 0.05) is 23.9 Å². The smallest absolute Gasteiger partial charge is 0.254 e. The Morgan fingerprint density at radius 3 is 2.67 bits per heavy atom. The van der Waals surface area contributed by atoms with Crippen molar-refractivity contribution in [3.8, 4) is 5.75 Å². The number of halogens is 1. The van der Waals surface area contributed by atoms with Gasteiger partial charge in [-0.15, -0.1) is 0 Å². The van der Waals surface area contributed by atoms with Crippen molar-refractivity contribution in [2.24, 2.45) is 0 Å². The Balaban J connectivity index is 1.86. The van der Waals surface area contributed by atoms with Crippen LogP contribution < -0.4 is 4.74 Å². The van der Waals surface area contributed by atoms with Gasteiger partial charge >= 0.3 is 0 Å². The zero-order chi connectivity index (χ0) is 19.6. The Labute approximate surface area is 157 Å². The number of rotatable bonds is 4. The number of ether oxygens (including phenoxy) is 2. The molecule has 6 nitrogen and oxygen atoms in total. The second-order valence-electron chi connectivity index (χ2n) is 6.27. The van der Waals surface area contributed by atoms with Crippen LogP contribution in [-0.2, 0) is 14.6 Å². The van der Waals surface area contributed by atoms with E-state index in [1.165, 1.54) is 36.3 Å². The highest BCUT2D eigenvalue weighted by atomic mass is 32.2. The van der Waals surface area contributed by atoms with Crippen LogP contribution in [0.5, 0.6) is 5.75 Å². The molecular formula is C19H20FNO5S. The first-order chi connectivity index (χ1) is 12.8. The van der Waals surface area contributed by atoms with Crippen LogP contribution in [0.1, 0.15) is 22.0 Å². The highest BCUT2D eigenvalue weighted by Gasteiger charge is 2.28. The molecule has 1 unspecified atom stereocenters. The van der Waals surface area contributed by atoms with Crippen LogP contribution in [0.15, 0.2) is 47.4 Å². The van der Waals surface area contributed by atoms with Crippen LogP contribution >= 0.6 is 0 Å². The van der Waals surface area contributed by atoms with Crippen LogP contribution in [0.2, 0.25) is 0 Å². The fraction of sp³-hybridized carbons (Fsp3) is 0.316. The summed E-state index contributed by atoms with van der Waals surface area (Å²) in [5.41, 5.74) is 0.618. The van der Waals surface area contributed by atoms with Crippen LogP contribution in [0.3, 0.4) is 0 Å². The molecule has 27 heavy (non-hydrogen) atoms. The molecule has 2 aromatic carbocycles. The number of sulfone groups is 1. The topological polar surface area (TPSA) is 72.9 Å². The molecular weight excluding hydrogens is 373 g/mol. The van der Waals surface area contributed by atoms with Crippen molar-refractivity contribution < 1.29 is 27.1 Å². The highest BCUT2D eigenvalue weighted by molar-refractivity contribution is 7.90. The number of benzene rings is 2. The van der Waals surface area contributed by atoms with E-state index in [0.717, 1.165) is 6.26 Å². The number of carbonyl (C=O) groups is 1. The van der Waals surface area contributed by atoms with Crippen molar-refractivity contribution in [3.05, 3.63) is 59.4 Å². The number of hydrogen-bond acceptors (Lipinski definition) is 5. The summed E-state index contributed by atoms with van der Waals surface area (Å²) < 4.78 is 48.7. The summed E-state index contributed by atoms with van der Waals surface area (Å²) in [6.45, 7) is 0.782. The summed E-state index contributed by atoms with van der Waals surface area (Å²) in [4.78, 5) is 14.4. The van der Waals surface area contributed by atoms with Gasteiger partial charge in [-0.1, -0.05) is 18.2 Å². The van der Waals surface area contributed by atoms with E-state index in [2.05, 4.69) is 0 Å². The molecule has 2 aromatic rings. The summed E-state index contributed by atoms with van der Waals surface area (Å²) in [5, 5.41) is 0. The molecule has 0 spiro atoms. The van der Waals surface area contributed by atoms with Gasteiger partial charge in [0.2, 0.25) is 0 Å². The van der Waals surface area contributed by atoms with Crippen molar-refractivity contribution >= 4 is 15.7 Å². The van der Waals surface area contributed by atoms with E-state index in [0.29, 0.717) is 12.1 Å². The lowest BCUT2D eigenvalue weighted by Crippen LogP contribution is -2.42. The lowest BCUT2D eigenvalue weighted by molar-refractivity contribution is -0.0243. The predicted molar refractivity (Wildman–Crippen MR) is 97.1 cm³/mol. The standard InChI is InChI=1S/C19H20FNO5S/c1-25-16-8-7-13(11-18(16)27(2,23)24)19(22)21-9-10-26-17(12-21)14-5-3-4-6-15(14)20/h3-8,11,17H,9-10,12H2,1-2H3. The van der Waals surface area contributed by atoms with E-state index in [4.69, 9.17) is 9.47 Å². The molecule has 144 valence electrons. The Hall–Kier alpha value is -2.45. The third-order valence-electron chi connectivity index (χ3n) is 4.42. The minimum absolute atomic E-state index is 0.0465. The molecule has 0 aliphatic carbocycles. The van der Waals surface area contributed by atoms with Crippen molar-refractivity contribution in [1.29, 1.82) is 0 Å². The molecule has 0 saturated carbocycles. The molecule has 1 fully saturated rings. The summed E-state index contributed by atoms with van der Waals surface area (Å²) in [7, 11) is -2.19. The lowest BCUT2D eigenvalue weighted by atomic mass is 10.1. The normalized spacial score (nSPS) is 17.6. The van der Waals surface area contributed by atoms with E-state index < -0.39 is 15.9 Å². The van der Waals surface area contributed by atoms with Gasteiger partial charge in [-0.2, -0.15) is 0 Å². The van der Waals surface area contributed by atoms with E-state index in [-0.39, 0.29) is 41.1 Å². The zero-order valence-electron chi connectivity index (χ0n) is 15.0. The molecule has 1 atom stereocenters. The summed E-state index contributed by atoms with van der Waals surface area (Å²) in [6.07, 6.45) is 0.485. The Morgan fingerprint density at radius 2 is 2.00 bits per heavy atom. The van der Waals surface area contributed by atoms with Gasteiger partial charge in [0.25, 0.3) is 5.91 Å². The average Bonchev–Trinajstić information content (AvgIpc) is 2.66. The number of carbonyl (C=O) groups excluding carboxylic acids is 1. The highest BCUT2D eigenvalue weighted by Crippen LogP contribution is 2.28. The van der Waals surface area contributed by atoms with E-state index in [1.54, 1.807) is 18.2 Å². The first kappa shape index (κ1) is 19.3. The molecule has 8 heteroatoms. The van der Waals surface area contributed by atoms with Crippen molar-refractivity contribution in [2.75, 3.05) is 33.1 Å². The maximum atomic E-state index is 14.0. The van der Waals surface area contributed by atoms with Crippen molar-refractivity contribution in [3.63, 3.8) is 0 Å². The van der Waals surface area contributed by atoms with Gasteiger partial charge in [-0.3, -0.25) is 4.79 Å². The molecule has 0 aromatic heterocycles. The fourth-order valence-corrected chi connectivity index (χ4v) is 3.90. The second kappa shape index (κ2) is 7.66. The van der Waals surface area contributed by atoms with Gasteiger partial charge in [0.1, 0.15) is 22.6 Å². The maximum Gasteiger partial charge on any atom is 0.254 e. The number of amides is 1. The first-order valence-corrected chi connectivity index (χ1v) is 10.2. The molecule has 0 bridgehead atoms. The zero-order valence-corrected chi connectivity index (χ0v) is 15.8. The number of hydrogen-bond donors (Lipinski definition) is 0. The quantitative estimate of drug-likeness (QED) is 0.798. The minimum atomic E-state index is -3.56. The summed E-state index contributed by atoms with van der Waals surface area (Å²) in [6, 6.07) is 10.6. The van der Waals surface area contributed by atoms with Gasteiger partial charge in [-0.25, -0.2) is 12.8 Å². The molecule has 1 aliphatic heterocycles. The monoisotopic (exact) mass is 393 g/mol. The van der Waals surface area contributed by atoms with Crippen molar-refractivity contribution in [2.45, 2.75) is 11.0 Å². The number of methoxy groups -OCH3 is 1. The Bertz CT molecular complexity index is 960. The van der Waals surface area contributed by atoms with Crippen LogP contribution in [-0.4, -0.2) is 52.3 Å². The fourth-order valence-electron chi connectivity index (χ4n) is 3.04. The third-order valence-corrected chi connectivity index (χ3v) is 5.53. The molecule has 1 aliphatic rings. The Morgan fingerprint density at radius 1 is 1.26 bits per heavy atom. The van der Waals surface area contributed by atoms with E-state index in [9.17, 15) is 17.6 Å². The summed E-state index contributed by atoms with van der Waals surface area (Å²) >= 11 is 0. The van der Waals surface area contributed by atoms with E-state index >= 15 is 0 Å². The average molecular weight is 393 g/mol.